The molecule has 4 unspecified atom stereocenters. The van der Waals surface area contributed by atoms with Crippen molar-refractivity contribution in [2.45, 2.75) is 70.1 Å². The van der Waals surface area contributed by atoms with Gasteiger partial charge in [0.2, 0.25) is 10.9 Å². The predicted molar refractivity (Wildman–Crippen MR) is 130 cm³/mol. The average molecular weight is 492 g/mol. The highest BCUT2D eigenvalue weighted by Crippen LogP contribution is 2.53. The van der Waals surface area contributed by atoms with Crippen LogP contribution in [-0.4, -0.2) is 11.7 Å². The second kappa shape index (κ2) is 8.91. The molecule has 4 atom stereocenters. The minimum Gasteiger partial charge on any atom is -0.207 e. The summed E-state index contributed by atoms with van der Waals surface area (Å²) in [5.41, 5.74) is 2.07. The number of halogens is 2. The van der Waals surface area contributed by atoms with Gasteiger partial charge in [0.1, 0.15) is 18.7 Å². The lowest BCUT2D eigenvalue weighted by molar-refractivity contribution is -0.794. The maximum atomic E-state index is 15.3. The fourth-order valence-electron chi connectivity index (χ4n) is 6.54. The molecule has 2 aromatic heterocycles. The molecule has 6 nitrogen and oxygen atoms in total. The van der Waals surface area contributed by atoms with Crippen molar-refractivity contribution in [3.63, 3.8) is 0 Å². The number of nitrogens with zero attached hydrogens (tertiary/aromatic N) is 6. The Morgan fingerprint density at radius 3 is 2.47 bits per heavy atom. The lowest BCUT2D eigenvalue weighted by Crippen LogP contribution is -2.70. The molecule has 4 heterocycles. The van der Waals surface area contributed by atoms with Gasteiger partial charge in [-0.15, -0.1) is 4.70 Å². The van der Waals surface area contributed by atoms with Gasteiger partial charge in [0.15, 0.2) is 29.2 Å². The molecule has 0 radical (unpaired) electrons. The van der Waals surface area contributed by atoms with Gasteiger partial charge in [-0.05, 0) is 44.0 Å². The van der Waals surface area contributed by atoms with Crippen LogP contribution in [0.4, 0.5) is 8.78 Å². The summed E-state index contributed by atoms with van der Waals surface area (Å²) in [6, 6.07) is 14.5. The molecule has 0 saturated carbocycles. The number of benzene rings is 1. The molecule has 0 N–H and O–H groups in total. The van der Waals surface area contributed by atoms with Crippen molar-refractivity contribution in [1.29, 1.82) is 0 Å². The van der Waals surface area contributed by atoms with E-state index in [0.717, 1.165) is 42.3 Å². The highest BCUT2D eigenvalue weighted by atomic mass is 19.1. The zero-order valence-corrected chi connectivity index (χ0v) is 21.5. The first-order valence-electron chi connectivity index (χ1n) is 12.6. The van der Waals surface area contributed by atoms with Crippen LogP contribution in [0.25, 0.3) is 11.3 Å². The van der Waals surface area contributed by atoms with E-state index in [1.54, 1.807) is 10.8 Å². The Hall–Kier alpha value is -3.42. The molecule has 0 amide bonds. The van der Waals surface area contributed by atoms with Gasteiger partial charge < -0.3 is 0 Å². The zero-order valence-electron chi connectivity index (χ0n) is 21.5. The van der Waals surface area contributed by atoms with E-state index in [0.29, 0.717) is 5.56 Å². The van der Waals surface area contributed by atoms with Crippen molar-refractivity contribution in [1.82, 2.24) is 0 Å². The number of fused-ring (bicyclic) bond motifs is 3. The topological polar surface area (TPSA) is 47.8 Å². The van der Waals surface area contributed by atoms with Crippen LogP contribution in [0.2, 0.25) is 0 Å². The van der Waals surface area contributed by atoms with Gasteiger partial charge in [0.05, 0.1) is 17.4 Å². The number of hydrogen-bond donors (Lipinski definition) is 0. The average Bonchev–Trinajstić information content (AvgIpc) is 3.31. The lowest BCUT2D eigenvalue weighted by atomic mass is 9.58. The fourth-order valence-corrected chi connectivity index (χ4v) is 6.54. The van der Waals surface area contributed by atoms with Gasteiger partial charge in [-0.3, -0.25) is 0 Å². The van der Waals surface area contributed by atoms with Crippen molar-refractivity contribution < 1.29 is 22.6 Å². The summed E-state index contributed by atoms with van der Waals surface area (Å²) in [5, 5.41) is 12.2. The third-order valence-corrected chi connectivity index (χ3v) is 8.54. The standard InChI is InChI=1S/C28H33F2N6/c1-6-27(4)21-16-20(29)17-22(30)25(21)23-12-9-11-15-36(23)28(27,7-2)18-19(3)35-14-10-8-13-24(35)26-31-32-33-34(26)5/h8-17,19,26H,6-7,18H2,1-5H3/q+3. The molecule has 0 spiro atoms. The Kier molecular flexibility index (Phi) is 6.01. The zero-order chi connectivity index (χ0) is 25.7. The molecule has 0 bridgehead atoms. The van der Waals surface area contributed by atoms with Crippen molar-refractivity contribution >= 4 is 0 Å². The first kappa shape index (κ1) is 24.3. The van der Waals surface area contributed by atoms with Crippen LogP contribution in [-0.2, 0) is 11.0 Å². The number of aromatic nitrogens is 2. The first-order chi connectivity index (χ1) is 17.3. The Bertz CT molecular complexity index is 1390. The SMILES string of the molecule is CCC1(C)c2cc(F)cc(F)c2-c2cccc[n+]2C1(CC)CC(C)[n+]1ccccc1C1N=NN=[N+]1C. The molecule has 186 valence electrons. The highest BCUT2D eigenvalue weighted by Gasteiger charge is 2.61. The van der Waals surface area contributed by atoms with Crippen molar-refractivity contribution in [3.8, 4) is 11.3 Å². The molecule has 3 aromatic rings. The van der Waals surface area contributed by atoms with Crippen LogP contribution < -0.4 is 9.13 Å². The van der Waals surface area contributed by atoms with Crippen LogP contribution in [0.3, 0.4) is 0 Å². The quantitative estimate of drug-likeness (QED) is 0.373. The maximum absolute atomic E-state index is 15.3. The van der Waals surface area contributed by atoms with E-state index in [2.05, 4.69) is 70.8 Å². The number of rotatable bonds is 6. The van der Waals surface area contributed by atoms with E-state index in [4.69, 9.17) is 0 Å². The third kappa shape index (κ3) is 3.41. The maximum Gasteiger partial charge on any atom is 0.334 e. The lowest BCUT2D eigenvalue weighted by Gasteiger charge is -2.48. The van der Waals surface area contributed by atoms with Crippen LogP contribution in [0.15, 0.2) is 76.5 Å². The van der Waals surface area contributed by atoms with Gasteiger partial charge in [0.25, 0.3) is 5.69 Å². The highest BCUT2D eigenvalue weighted by molar-refractivity contribution is 5.66. The fraction of sp³-hybridized carbons (Fsp3) is 0.429. The monoisotopic (exact) mass is 491 g/mol. The summed E-state index contributed by atoms with van der Waals surface area (Å²) >= 11 is 0. The van der Waals surface area contributed by atoms with E-state index in [9.17, 15) is 4.39 Å². The Balaban J connectivity index is 1.70. The summed E-state index contributed by atoms with van der Waals surface area (Å²) in [7, 11) is 1.86. The van der Waals surface area contributed by atoms with Crippen molar-refractivity contribution in [3.05, 3.63) is 83.8 Å². The summed E-state index contributed by atoms with van der Waals surface area (Å²) in [5.74, 6) is -1.05. The summed E-state index contributed by atoms with van der Waals surface area (Å²) in [6.07, 6.45) is 6.11. The molecule has 0 aliphatic carbocycles. The minimum atomic E-state index is -0.536. The van der Waals surface area contributed by atoms with E-state index >= 15 is 4.39 Å². The number of hydrogen-bond acceptors (Lipinski definition) is 3. The van der Waals surface area contributed by atoms with E-state index in [1.165, 1.54) is 0 Å². The van der Waals surface area contributed by atoms with Gasteiger partial charge in [-0.2, -0.15) is 9.13 Å². The summed E-state index contributed by atoms with van der Waals surface area (Å²) in [4.78, 5) is 0. The number of pyridine rings is 2. The summed E-state index contributed by atoms with van der Waals surface area (Å²) in [6.45, 7) is 8.66. The first-order valence-corrected chi connectivity index (χ1v) is 12.6. The van der Waals surface area contributed by atoms with Crippen LogP contribution in [0.5, 0.6) is 0 Å². The Morgan fingerprint density at radius 1 is 1.03 bits per heavy atom. The van der Waals surface area contributed by atoms with E-state index < -0.39 is 22.6 Å². The van der Waals surface area contributed by atoms with Gasteiger partial charge in [-0.1, -0.05) is 13.8 Å². The molecule has 0 fully saturated rings. The van der Waals surface area contributed by atoms with Crippen LogP contribution in [0.1, 0.15) is 70.4 Å². The Labute approximate surface area is 210 Å². The molecule has 2 aliphatic rings. The Morgan fingerprint density at radius 2 is 1.78 bits per heavy atom. The van der Waals surface area contributed by atoms with E-state index in [-0.39, 0.29) is 12.2 Å². The molecule has 36 heavy (non-hydrogen) atoms. The molecule has 0 saturated heterocycles. The van der Waals surface area contributed by atoms with Crippen LogP contribution in [0, 0.1) is 11.6 Å². The summed E-state index contributed by atoms with van der Waals surface area (Å²) < 4.78 is 36.2. The second-order valence-electron chi connectivity index (χ2n) is 10.2. The van der Waals surface area contributed by atoms with Gasteiger partial charge in [0, 0.05) is 41.9 Å². The van der Waals surface area contributed by atoms with Gasteiger partial charge in [-0.25, -0.2) is 8.78 Å². The minimum absolute atomic E-state index is 0.0525. The largest absolute Gasteiger partial charge is 0.334 e. The normalized spacial score (nSPS) is 25.3. The molecule has 1 aromatic carbocycles. The van der Waals surface area contributed by atoms with Crippen LogP contribution >= 0.6 is 0 Å². The smallest absolute Gasteiger partial charge is 0.207 e. The van der Waals surface area contributed by atoms with Gasteiger partial charge >= 0.3 is 6.17 Å². The molecule has 8 heteroatoms. The molecule has 2 aliphatic heterocycles. The van der Waals surface area contributed by atoms with Crippen molar-refractivity contribution in [2.75, 3.05) is 7.05 Å². The van der Waals surface area contributed by atoms with E-state index in [1.807, 2.05) is 37.4 Å². The molecular formula is C28H33F2N6+3. The third-order valence-electron chi connectivity index (χ3n) is 8.54. The second-order valence-corrected chi connectivity index (χ2v) is 10.2. The molecule has 5 rings (SSSR count). The predicted octanol–water partition coefficient (Wildman–Crippen LogP) is 6.12. The molecular weight excluding hydrogens is 458 g/mol. The van der Waals surface area contributed by atoms with Crippen molar-refractivity contribution in [2.24, 2.45) is 15.6 Å².